The summed E-state index contributed by atoms with van der Waals surface area (Å²) in [6, 6.07) is 1.09. The summed E-state index contributed by atoms with van der Waals surface area (Å²) >= 11 is 5.61. The summed E-state index contributed by atoms with van der Waals surface area (Å²) in [5, 5.41) is 7.81. The molecule has 0 spiro atoms. The van der Waals surface area contributed by atoms with Crippen LogP contribution in [0.2, 0.25) is 0 Å². The number of anilines is 1. The average Bonchev–Trinajstić information content (AvgIpc) is 2.97. The average molecular weight is 232 g/mol. The maximum atomic E-state index is 5.61. The molecule has 1 fully saturated rings. The van der Waals surface area contributed by atoms with Gasteiger partial charge in [0.15, 0.2) is 0 Å². The topological polar surface area (TPSA) is 51.4 Å². The highest BCUT2D eigenvalue weighted by Crippen LogP contribution is 2.30. The third-order valence-electron chi connectivity index (χ3n) is 2.34. The Morgan fingerprint density at radius 2 is 2.33 bits per heavy atom. The zero-order valence-corrected chi connectivity index (χ0v) is 9.40. The van der Waals surface area contributed by atoms with E-state index in [0.29, 0.717) is 24.6 Å². The Morgan fingerprint density at radius 3 is 2.87 bits per heavy atom. The van der Waals surface area contributed by atoms with Gasteiger partial charge in [-0.15, -0.1) is 16.7 Å². The van der Waals surface area contributed by atoms with Crippen LogP contribution in [0, 0.1) is 0 Å². The molecule has 1 aromatic heterocycles. The lowest BCUT2D eigenvalue weighted by Gasteiger charge is -2.18. The predicted octanol–water partition coefficient (Wildman–Crippen LogP) is 1.42. The van der Waals surface area contributed by atoms with E-state index < -0.39 is 0 Å². The lowest BCUT2D eigenvalue weighted by molar-refractivity contribution is 0.203. The van der Waals surface area contributed by atoms with Crippen molar-refractivity contribution in [2.24, 2.45) is 0 Å². The molecule has 0 aliphatic heterocycles. The first-order valence-corrected chi connectivity index (χ1v) is 5.52. The summed E-state index contributed by atoms with van der Waals surface area (Å²) in [7, 11) is 1.68. The van der Waals surface area contributed by atoms with Crippen molar-refractivity contribution < 1.29 is 9.15 Å². The number of rotatable bonds is 6. The fourth-order valence-corrected chi connectivity index (χ4v) is 1.53. The molecule has 0 aromatic carbocycles. The van der Waals surface area contributed by atoms with Crippen LogP contribution in [-0.4, -0.2) is 36.5 Å². The van der Waals surface area contributed by atoms with Crippen LogP contribution in [0.3, 0.4) is 0 Å². The number of nitrogens with zero attached hydrogens (tertiary/aromatic N) is 3. The third-order valence-corrected chi connectivity index (χ3v) is 2.57. The predicted molar refractivity (Wildman–Crippen MR) is 56.1 cm³/mol. The summed E-state index contributed by atoms with van der Waals surface area (Å²) in [4.78, 5) is 2.09. The highest BCUT2D eigenvalue weighted by Gasteiger charge is 2.32. The summed E-state index contributed by atoms with van der Waals surface area (Å²) in [6.45, 7) is 1.44. The molecule has 1 aliphatic rings. The van der Waals surface area contributed by atoms with Crippen molar-refractivity contribution in [1.82, 2.24) is 10.2 Å². The molecule has 5 nitrogen and oxygen atoms in total. The van der Waals surface area contributed by atoms with Gasteiger partial charge in [0.2, 0.25) is 5.89 Å². The standard InChI is InChI=1S/C9H14ClN3O2/c1-14-5-4-13(7-2-3-7)9-12-11-8(6-10)15-9/h7H,2-6H2,1H3. The van der Waals surface area contributed by atoms with E-state index >= 15 is 0 Å². The van der Waals surface area contributed by atoms with Crippen LogP contribution in [-0.2, 0) is 10.6 Å². The van der Waals surface area contributed by atoms with Crippen LogP contribution >= 0.6 is 11.6 Å². The molecule has 0 bridgehead atoms. The van der Waals surface area contributed by atoms with Gasteiger partial charge in [-0.3, -0.25) is 0 Å². The first kappa shape index (κ1) is 10.7. The smallest absolute Gasteiger partial charge is 0.318 e. The second-order valence-electron chi connectivity index (χ2n) is 3.53. The van der Waals surface area contributed by atoms with Crippen LogP contribution in [0.5, 0.6) is 0 Å². The number of halogens is 1. The number of methoxy groups -OCH3 is 1. The molecule has 1 heterocycles. The zero-order valence-electron chi connectivity index (χ0n) is 8.65. The van der Waals surface area contributed by atoms with Gasteiger partial charge in [0.05, 0.1) is 6.61 Å². The first-order chi connectivity index (χ1) is 7.35. The van der Waals surface area contributed by atoms with E-state index in [1.54, 1.807) is 7.11 Å². The molecular weight excluding hydrogens is 218 g/mol. The van der Waals surface area contributed by atoms with Gasteiger partial charge in [0.25, 0.3) is 0 Å². The van der Waals surface area contributed by atoms with E-state index in [9.17, 15) is 0 Å². The Labute approximate surface area is 93.4 Å². The van der Waals surface area contributed by atoms with E-state index in [1.165, 1.54) is 12.8 Å². The number of hydrogen-bond acceptors (Lipinski definition) is 5. The molecule has 1 saturated carbocycles. The molecule has 0 amide bonds. The van der Waals surface area contributed by atoms with Crippen LogP contribution in [0.15, 0.2) is 4.42 Å². The minimum absolute atomic E-state index is 0.260. The minimum atomic E-state index is 0.260. The van der Waals surface area contributed by atoms with Gasteiger partial charge < -0.3 is 14.1 Å². The molecule has 15 heavy (non-hydrogen) atoms. The summed E-state index contributed by atoms with van der Waals surface area (Å²) in [5.41, 5.74) is 0. The van der Waals surface area contributed by atoms with Crippen LogP contribution in [0.1, 0.15) is 18.7 Å². The zero-order chi connectivity index (χ0) is 10.7. The molecule has 6 heteroatoms. The second-order valence-corrected chi connectivity index (χ2v) is 3.80. The fraction of sp³-hybridized carbons (Fsp3) is 0.778. The molecule has 1 aromatic rings. The Bertz CT molecular complexity index is 314. The van der Waals surface area contributed by atoms with E-state index in [0.717, 1.165) is 6.54 Å². The monoisotopic (exact) mass is 231 g/mol. The quantitative estimate of drug-likeness (QED) is 0.694. The maximum absolute atomic E-state index is 5.61. The van der Waals surface area contributed by atoms with Gasteiger partial charge in [-0.25, -0.2) is 0 Å². The normalized spacial score (nSPS) is 15.6. The summed E-state index contributed by atoms with van der Waals surface area (Å²) in [6.07, 6.45) is 2.37. The largest absolute Gasteiger partial charge is 0.407 e. The summed E-state index contributed by atoms with van der Waals surface area (Å²) in [5.74, 6) is 0.727. The van der Waals surface area contributed by atoms with Crippen molar-refractivity contribution in [1.29, 1.82) is 0 Å². The molecule has 0 saturated heterocycles. The second kappa shape index (κ2) is 4.81. The van der Waals surface area contributed by atoms with Gasteiger partial charge in [-0.2, -0.15) is 0 Å². The SMILES string of the molecule is COCCN(c1nnc(CCl)o1)C1CC1. The summed E-state index contributed by atoms with van der Waals surface area (Å²) < 4.78 is 10.5. The number of aromatic nitrogens is 2. The highest BCUT2D eigenvalue weighted by atomic mass is 35.5. The molecule has 0 unspecified atom stereocenters. The van der Waals surface area contributed by atoms with Gasteiger partial charge in [0, 0.05) is 19.7 Å². The molecule has 0 atom stereocenters. The Morgan fingerprint density at radius 1 is 1.53 bits per heavy atom. The van der Waals surface area contributed by atoms with E-state index in [2.05, 4.69) is 15.1 Å². The first-order valence-electron chi connectivity index (χ1n) is 4.99. The van der Waals surface area contributed by atoms with Gasteiger partial charge in [-0.05, 0) is 12.8 Å². The Balaban J connectivity index is 2.02. The number of alkyl halides is 1. The Hall–Kier alpha value is -0.810. The molecule has 0 radical (unpaired) electrons. The van der Waals surface area contributed by atoms with Crippen LogP contribution < -0.4 is 4.90 Å². The molecule has 2 rings (SSSR count). The van der Waals surface area contributed by atoms with Gasteiger partial charge in [-0.1, -0.05) is 5.10 Å². The third kappa shape index (κ3) is 2.60. The van der Waals surface area contributed by atoms with Crippen molar-refractivity contribution >= 4 is 17.6 Å². The van der Waals surface area contributed by atoms with Gasteiger partial charge >= 0.3 is 6.01 Å². The van der Waals surface area contributed by atoms with Crippen LogP contribution in [0.4, 0.5) is 6.01 Å². The highest BCUT2D eigenvalue weighted by molar-refractivity contribution is 6.16. The number of ether oxygens (including phenoxy) is 1. The lowest BCUT2D eigenvalue weighted by Crippen LogP contribution is -2.29. The van der Waals surface area contributed by atoms with Crippen molar-refractivity contribution in [3.8, 4) is 0 Å². The Kier molecular flexibility index (Phi) is 3.43. The fourth-order valence-electron chi connectivity index (χ4n) is 1.43. The van der Waals surface area contributed by atoms with Crippen LogP contribution in [0.25, 0.3) is 0 Å². The van der Waals surface area contributed by atoms with E-state index in [-0.39, 0.29) is 5.88 Å². The van der Waals surface area contributed by atoms with E-state index in [4.69, 9.17) is 20.8 Å². The van der Waals surface area contributed by atoms with Crippen molar-refractivity contribution in [3.05, 3.63) is 5.89 Å². The lowest BCUT2D eigenvalue weighted by atomic mass is 10.5. The van der Waals surface area contributed by atoms with Crippen molar-refractivity contribution in [3.63, 3.8) is 0 Å². The molecule has 0 N–H and O–H groups in total. The van der Waals surface area contributed by atoms with Crippen molar-refractivity contribution in [2.45, 2.75) is 24.8 Å². The van der Waals surface area contributed by atoms with Gasteiger partial charge in [0.1, 0.15) is 5.88 Å². The molecule has 1 aliphatic carbocycles. The maximum Gasteiger partial charge on any atom is 0.318 e. The number of hydrogen-bond donors (Lipinski definition) is 0. The van der Waals surface area contributed by atoms with E-state index in [1.807, 2.05) is 0 Å². The van der Waals surface area contributed by atoms with Crippen molar-refractivity contribution in [2.75, 3.05) is 25.2 Å². The molecule has 84 valence electrons. The minimum Gasteiger partial charge on any atom is -0.407 e. The molecular formula is C9H14ClN3O2.